The third kappa shape index (κ3) is 5.22. The number of rotatable bonds is 6. The second kappa shape index (κ2) is 10.8. The first-order chi connectivity index (χ1) is 18.3. The van der Waals surface area contributed by atoms with E-state index in [1.807, 2.05) is 36.9 Å². The van der Waals surface area contributed by atoms with Crippen molar-refractivity contribution in [3.05, 3.63) is 53.1 Å². The number of carbonyl (C=O) groups is 1. The Labute approximate surface area is 223 Å². The van der Waals surface area contributed by atoms with Crippen LogP contribution in [0.25, 0.3) is 22.8 Å². The maximum Gasteiger partial charge on any atom is 0.317 e. The van der Waals surface area contributed by atoms with Crippen LogP contribution in [0.4, 0.5) is 4.79 Å². The molecular weight excluding hydrogens is 480 g/mol. The topological polar surface area (TPSA) is 108 Å². The van der Waals surface area contributed by atoms with Crippen molar-refractivity contribution in [2.24, 2.45) is 0 Å². The van der Waals surface area contributed by atoms with Crippen LogP contribution in [0.1, 0.15) is 55.8 Å². The molecule has 0 radical (unpaired) electrons. The molecule has 5 rings (SSSR count). The molecule has 0 saturated carbocycles. The minimum Gasteiger partial charge on any atom is -0.490 e. The molecule has 1 saturated heterocycles. The Hall–Kier alpha value is -3.90. The molecule has 0 unspecified atom stereocenters. The maximum atomic E-state index is 13.1. The van der Waals surface area contributed by atoms with Crippen LogP contribution < -0.4 is 10.1 Å². The molecule has 0 bridgehead atoms. The fourth-order valence-corrected chi connectivity index (χ4v) is 5.35. The molecule has 2 aromatic carbocycles. The first-order valence-electron chi connectivity index (χ1n) is 13.2. The van der Waals surface area contributed by atoms with Crippen LogP contribution in [0, 0.1) is 11.3 Å². The fourth-order valence-electron chi connectivity index (χ4n) is 5.35. The average Bonchev–Trinajstić information content (AvgIpc) is 3.59. The Morgan fingerprint density at radius 3 is 2.84 bits per heavy atom. The highest BCUT2D eigenvalue weighted by Gasteiger charge is 2.31. The number of benzene rings is 2. The van der Waals surface area contributed by atoms with E-state index in [4.69, 9.17) is 9.26 Å². The van der Waals surface area contributed by atoms with Gasteiger partial charge in [-0.3, -0.25) is 0 Å². The van der Waals surface area contributed by atoms with Crippen LogP contribution in [-0.4, -0.2) is 65.3 Å². The summed E-state index contributed by atoms with van der Waals surface area (Å²) in [6, 6.07) is 13.9. The predicted octanol–water partition coefficient (Wildman–Crippen LogP) is 4.79. The van der Waals surface area contributed by atoms with Gasteiger partial charge in [-0.05, 0) is 83.0 Å². The zero-order chi connectivity index (χ0) is 26.8. The summed E-state index contributed by atoms with van der Waals surface area (Å²) in [7, 11) is 4.13. The number of nitrogens with zero attached hydrogens (tertiary/aromatic N) is 5. The molecular formula is C29H34N6O3. The van der Waals surface area contributed by atoms with Gasteiger partial charge in [0.05, 0.1) is 17.7 Å². The van der Waals surface area contributed by atoms with Gasteiger partial charge in [0.2, 0.25) is 5.82 Å². The molecule has 3 aromatic rings. The van der Waals surface area contributed by atoms with Crippen LogP contribution in [0.5, 0.6) is 5.75 Å². The van der Waals surface area contributed by atoms with Crippen molar-refractivity contribution in [1.29, 1.82) is 5.26 Å². The van der Waals surface area contributed by atoms with E-state index in [0.717, 1.165) is 55.5 Å². The predicted molar refractivity (Wildman–Crippen MR) is 144 cm³/mol. The van der Waals surface area contributed by atoms with Gasteiger partial charge in [0.15, 0.2) is 0 Å². The minimum atomic E-state index is -0.0531. The van der Waals surface area contributed by atoms with Gasteiger partial charge in [0.1, 0.15) is 11.8 Å². The number of likely N-dealkylation sites (N-methyl/N-ethyl adjacent to an activating group) is 1. The Morgan fingerprint density at radius 2 is 2.11 bits per heavy atom. The third-order valence-corrected chi connectivity index (χ3v) is 7.36. The van der Waals surface area contributed by atoms with Gasteiger partial charge in [-0.2, -0.15) is 10.2 Å². The van der Waals surface area contributed by atoms with E-state index in [1.54, 1.807) is 12.1 Å². The second-order valence-electron chi connectivity index (χ2n) is 10.5. The number of hydrogen-bond acceptors (Lipinski definition) is 7. The summed E-state index contributed by atoms with van der Waals surface area (Å²) in [5, 5.41) is 17.1. The molecule has 1 aromatic heterocycles. The lowest BCUT2D eigenvalue weighted by molar-refractivity contribution is 0.198. The fraction of sp³-hybridized carbons (Fsp3) is 0.448. The molecule has 2 atom stereocenters. The number of nitrogens with one attached hydrogen (secondary N) is 1. The van der Waals surface area contributed by atoms with Crippen molar-refractivity contribution in [3.8, 4) is 34.7 Å². The summed E-state index contributed by atoms with van der Waals surface area (Å²) in [5.74, 6) is 1.37. The highest BCUT2D eigenvalue weighted by atomic mass is 16.5. The molecule has 1 N–H and O–H groups in total. The molecule has 2 amide bonds. The highest BCUT2D eigenvalue weighted by molar-refractivity contribution is 5.76. The summed E-state index contributed by atoms with van der Waals surface area (Å²) in [4.78, 5) is 21.8. The monoisotopic (exact) mass is 514 g/mol. The van der Waals surface area contributed by atoms with Gasteiger partial charge in [0.25, 0.3) is 5.89 Å². The summed E-state index contributed by atoms with van der Waals surface area (Å²) >= 11 is 0. The molecule has 198 valence electrons. The van der Waals surface area contributed by atoms with Crippen LogP contribution in [-0.2, 0) is 6.42 Å². The van der Waals surface area contributed by atoms with Crippen molar-refractivity contribution in [2.45, 2.75) is 57.7 Å². The molecule has 0 spiro atoms. The van der Waals surface area contributed by atoms with E-state index >= 15 is 0 Å². The number of fused-ring (bicyclic) bond motifs is 1. The number of amides is 2. The zero-order valence-corrected chi connectivity index (χ0v) is 22.4. The second-order valence-corrected chi connectivity index (χ2v) is 10.5. The van der Waals surface area contributed by atoms with Crippen LogP contribution in [0.2, 0.25) is 0 Å². The lowest BCUT2D eigenvalue weighted by atomic mass is 9.84. The van der Waals surface area contributed by atoms with Crippen LogP contribution >= 0.6 is 0 Å². The molecule has 2 heterocycles. The number of aromatic nitrogens is 2. The quantitative estimate of drug-likeness (QED) is 0.504. The third-order valence-electron chi connectivity index (χ3n) is 7.36. The van der Waals surface area contributed by atoms with Gasteiger partial charge >= 0.3 is 6.03 Å². The van der Waals surface area contributed by atoms with E-state index in [1.165, 1.54) is 0 Å². The molecule has 1 aliphatic carbocycles. The standard InChI is InChI=1S/C29H34N6O3/c1-18(2)37-26-12-11-19(15-20(26)16-30)28-32-27(33-38-28)24-9-5-8-23-22(24)7-6-10-25(23)31-29(36)35-14-13-21(17-35)34(3)4/h5,8-9,11-12,15,18,21,25H,6-7,10,13-14,17H2,1-4H3,(H,31,36)/t21-,25+/m0/s1. The number of likely N-dealkylation sites (tertiary alicyclic amines) is 1. The lowest BCUT2D eigenvalue weighted by Crippen LogP contribution is -2.42. The van der Waals surface area contributed by atoms with Gasteiger partial charge in [0, 0.05) is 30.3 Å². The number of nitriles is 1. The number of carbonyl (C=O) groups excluding carboxylic acids is 1. The highest BCUT2D eigenvalue weighted by Crippen LogP contribution is 2.36. The zero-order valence-electron chi connectivity index (χ0n) is 22.4. The average molecular weight is 515 g/mol. The van der Waals surface area contributed by atoms with Gasteiger partial charge in [-0.15, -0.1) is 0 Å². The molecule has 2 aliphatic rings. The normalized spacial score (nSPS) is 18.9. The molecule has 1 fully saturated rings. The Kier molecular flexibility index (Phi) is 7.34. The molecule has 38 heavy (non-hydrogen) atoms. The molecule has 9 nitrogen and oxygen atoms in total. The van der Waals surface area contributed by atoms with Crippen molar-refractivity contribution in [2.75, 3.05) is 27.2 Å². The summed E-state index contributed by atoms with van der Waals surface area (Å²) in [5.41, 5.74) is 4.24. The van der Waals surface area contributed by atoms with E-state index in [-0.39, 0.29) is 18.2 Å². The van der Waals surface area contributed by atoms with Crippen LogP contribution in [0.15, 0.2) is 40.9 Å². The van der Waals surface area contributed by atoms with Crippen molar-refractivity contribution in [3.63, 3.8) is 0 Å². The van der Waals surface area contributed by atoms with E-state index in [9.17, 15) is 10.1 Å². The molecule has 9 heteroatoms. The number of urea groups is 1. The lowest BCUT2D eigenvalue weighted by Gasteiger charge is -2.29. The number of ether oxygens (including phenoxy) is 1. The molecule has 1 aliphatic heterocycles. The van der Waals surface area contributed by atoms with Gasteiger partial charge in [-0.25, -0.2) is 4.79 Å². The smallest absolute Gasteiger partial charge is 0.317 e. The minimum absolute atomic E-state index is 0.00218. The summed E-state index contributed by atoms with van der Waals surface area (Å²) in [6.45, 7) is 5.37. The maximum absolute atomic E-state index is 13.1. The van der Waals surface area contributed by atoms with Crippen molar-refractivity contribution >= 4 is 6.03 Å². The first-order valence-corrected chi connectivity index (χ1v) is 13.2. The van der Waals surface area contributed by atoms with Crippen molar-refractivity contribution in [1.82, 2.24) is 25.3 Å². The van der Waals surface area contributed by atoms with E-state index in [0.29, 0.717) is 34.6 Å². The van der Waals surface area contributed by atoms with Gasteiger partial charge < -0.3 is 24.4 Å². The SMILES string of the molecule is CC(C)Oc1ccc(-c2nc(-c3cccc4c3CCC[C@H]4NC(=O)N3CC[C@H](N(C)C)C3)no2)cc1C#N. The van der Waals surface area contributed by atoms with Crippen molar-refractivity contribution < 1.29 is 14.1 Å². The largest absolute Gasteiger partial charge is 0.490 e. The summed E-state index contributed by atoms with van der Waals surface area (Å²) in [6.07, 6.45) is 3.70. The van der Waals surface area contributed by atoms with Gasteiger partial charge in [-0.1, -0.05) is 23.4 Å². The number of hydrogen-bond donors (Lipinski definition) is 1. The Morgan fingerprint density at radius 1 is 1.26 bits per heavy atom. The van der Waals surface area contributed by atoms with E-state index in [2.05, 4.69) is 46.6 Å². The Balaban J connectivity index is 1.37. The van der Waals surface area contributed by atoms with E-state index < -0.39 is 0 Å². The Bertz CT molecular complexity index is 1360. The van der Waals surface area contributed by atoms with Crippen LogP contribution in [0.3, 0.4) is 0 Å². The summed E-state index contributed by atoms with van der Waals surface area (Å²) < 4.78 is 11.3. The first kappa shape index (κ1) is 25.7.